The van der Waals surface area contributed by atoms with E-state index in [-0.39, 0.29) is 13.0 Å². The van der Waals surface area contributed by atoms with Crippen LogP contribution in [0, 0.1) is 0 Å². The van der Waals surface area contributed by atoms with Crippen molar-refractivity contribution in [1.82, 2.24) is 13.9 Å². The van der Waals surface area contributed by atoms with E-state index in [0.29, 0.717) is 4.31 Å². The highest BCUT2D eigenvalue weighted by molar-refractivity contribution is 7.86. The predicted octanol–water partition coefficient (Wildman–Crippen LogP) is -2.40. The number of imide groups is 1. The van der Waals surface area contributed by atoms with Crippen LogP contribution in [0.3, 0.4) is 0 Å². The highest BCUT2D eigenvalue weighted by atomic mass is 32.2. The molecule has 0 aromatic heterocycles. The van der Waals surface area contributed by atoms with E-state index in [1.165, 1.54) is 7.05 Å². The summed E-state index contributed by atoms with van der Waals surface area (Å²) in [6.45, 7) is -1.14. The topological polar surface area (TPSA) is 124 Å². The first-order chi connectivity index (χ1) is 8.23. The van der Waals surface area contributed by atoms with Gasteiger partial charge in [0.25, 0.3) is 10.2 Å². The highest BCUT2D eigenvalue weighted by Gasteiger charge is 2.34. The van der Waals surface area contributed by atoms with Gasteiger partial charge in [-0.3, -0.25) is 19.7 Å². The number of nitrogens with zero attached hydrogens (tertiary/aromatic N) is 2. The fourth-order valence-electron chi connectivity index (χ4n) is 1.34. The Labute approximate surface area is 104 Å². The van der Waals surface area contributed by atoms with Gasteiger partial charge in [0, 0.05) is 13.6 Å². The zero-order valence-corrected chi connectivity index (χ0v) is 10.4. The van der Waals surface area contributed by atoms with Gasteiger partial charge >= 0.3 is 5.97 Å². The molecule has 0 radical (unpaired) electrons. The maximum Gasteiger partial charge on any atom is 0.304 e. The number of carboxylic acids is 1. The molecule has 1 rings (SSSR count). The summed E-state index contributed by atoms with van der Waals surface area (Å²) >= 11 is 0. The molecule has 18 heavy (non-hydrogen) atoms. The summed E-state index contributed by atoms with van der Waals surface area (Å²) < 4.78 is 25.3. The van der Waals surface area contributed by atoms with Crippen molar-refractivity contribution < 1.29 is 27.9 Å². The van der Waals surface area contributed by atoms with Gasteiger partial charge in [-0.05, 0) is 0 Å². The molecule has 102 valence electrons. The van der Waals surface area contributed by atoms with Gasteiger partial charge in [-0.1, -0.05) is 0 Å². The summed E-state index contributed by atoms with van der Waals surface area (Å²) in [7, 11) is -2.81. The van der Waals surface area contributed by atoms with E-state index in [1.54, 1.807) is 0 Å². The number of rotatable bonds is 5. The molecule has 0 spiro atoms. The van der Waals surface area contributed by atoms with Crippen molar-refractivity contribution in [1.29, 1.82) is 0 Å². The summed E-state index contributed by atoms with van der Waals surface area (Å²) in [4.78, 5) is 32.5. The molecule has 0 saturated carbocycles. The Morgan fingerprint density at radius 2 is 1.89 bits per heavy atom. The van der Waals surface area contributed by atoms with Crippen LogP contribution in [0.1, 0.15) is 6.42 Å². The minimum atomic E-state index is -4.00. The molecule has 2 amide bonds. The van der Waals surface area contributed by atoms with Gasteiger partial charge in [-0.15, -0.1) is 0 Å². The van der Waals surface area contributed by atoms with E-state index < -0.39 is 41.1 Å². The minimum Gasteiger partial charge on any atom is -0.481 e. The van der Waals surface area contributed by atoms with Crippen LogP contribution >= 0.6 is 0 Å². The lowest BCUT2D eigenvalue weighted by atomic mass is 10.4. The summed E-state index contributed by atoms with van der Waals surface area (Å²) in [5.74, 6) is -2.55. The van der Waals surface area contributed by atoms with Crippen LogP contribution in [0.4, 0.5) is 0 Å². The number of aliphatic carboxylic acids is 1. The molecule has 0 bridgehead atoms. The van der Waals surface area contributed by atoms with Crippen molar-refractivity contribution in [2.24, 2.45) is 0 Å². The van der Waals surface area contributed by atoms with E-state index in [1.807, 2.05) is 5.32 Å². The zero-order valence-electron chi connectivity index (χ0n) is 9.62. The molecule has 10 heteroatoms. The smallest absolute Gasteiger partial charge is 0.304 e. The SMILES string of the molecule is CN(CCC(=O)O)S(=O)(=O)N1CC(=O)NC(=O)C1. The third-order valence-electron chi connectivity index (χ3n) is 2.28. The molecule has 0 aromatic rings. The largest absolute Gasteiger partial charge is 0.481 e. The van der Waals surface area contributed by atoms with Crippen LogP contribution in [0.5, 0.6) is 0 Å². The second-order valence-corrected chi connectivity index (χ2v) is 5.75. The van der Waals surface area contributed by atoms with Crippen LogP contribution < -0.4 is 5.32 Å². The second-order valence-electron chi connectivity index (χ2n) is 3.71. The molecular weight excluding hydrogens is 266 g/mol. The average molecular weight is 279 g/mol. The summed E-state index contributed by atoms with van der Waals surface area (Å²) in [5.41, 5.74) is 0. The number of carbonyl (C=O) groups is 3. The Kier molecular flexibility index (Phi) is 4.38. The lowest BCUT2D eigenvalue weighted by Crippen LogP contribution is -2.56. The molecule has 0 unspecified atom stereocenters. The molecule has 1 heterocycles. The second kappa shape index (κ2) is 5.42. The lowest BCUT2D eigenvalue weighted by Gasteiger charge is -2.28. The molecule has 0 aliphatic carbocycles. The van der Waals surface area contributed by atoms with Crippen LogP contribution in [0.25, 0.3) is 0 Å². The molecule has 9 nitrogen and oxygen atoms in total. The van der Waals surface area contributed by atoms with Crippen LogP contribution in [0.15, 0.2) is 0 Å². The average Bonchev–Trinajstić information content (AvgIpc) is 2.24. The lowest BCUT2D eigenvalue weighted by molar-refractivity contribution is -0.137. The molecule has 1 saturated heterocycles. The third kappa shape index (κ3) is 3.48. The number of carboxylic acid groups (broad SMARTS) is 1. The van der Waals surface area contributed by atoms with Gasteiger partial charge < -0.3 is 5.11 Å². The summed E-state index contributed by atoms with van der Waals surface area (Å²) in [5, 5.41) is 10.4. The normalized spacial score (nSPS) is 17.9. The van der Waals surface area contributed by atoms with Gasteiger partial charge in [-0.2, -0.15) is 17.0 Å². The first kappa shape index (κ1) is 14.5. The van der Waals surface area contributed by atoms with E-state index in [0.717, 1.165) is 4.31 Å². The fraction of sp³-hybridized carbons (Fsp3) is 0.625. The Bertz CT molecular complexity index is 457. The van der Waals surface area contributed by atoms with Gasteiger partial charge in [-0.25, -0.2) is 0 Å². The summed E-state index contributed by atoms with van der Waals surface area (Å²) in [6, 6.07) is 0. The third-order valence-corrected chi connectivity index (χ3v) is 4.16. The van der Waals surface area contributed by atoms with Crippen molar-refractivity contribution >= 4 is 28.0 Å². The van der Waals surface area contributed by atoms with E-state index in [9.17, 15) is 22.8 Å². The van der Waals surface area contributed by atoms with Crippen molar-refractivity contribution in [3.63, 3.8) is 0 Å². The minimum absolute atomic E-state index is 0.232. The number of hydrogen-bond donors (Lipinski definition) is 2. The van der Waals surface area contributed by atoms with Crippen molar-refractivity contribution in [3.8, 4) is 0 Å². The quantitative estimate of drug-likeness (QED) is 0.540. The van der Waals surface area contributed by atoms with Crippen LogP contribution in [0.2, 0.25) is 0 Å². The molecule has 1 aliphatic heterocycles. The first-order valence-electron chi connectivity index (χ1n) is 4.99. The Balaban J connectivity index is 2.75. The maximum atomic E-state index is 11.9. The number of amides is 2. The van der Waals surface area contributed by atoms with E-state index >= 15 is 0 Å². The van der Waals surface area contributed by atoms with Crippen molar-refractivity contribution in [2.75, 3.05) is 26.7 Å². The van der Waals surface area contributed by atoms with Gasteiger partial charge in [0.15, 0.2) is 0 Å². The zero-order chi connectivity index (χ0) is 13.9. The standard InChI is InChI=1S/C8H13N3O6S/c1-10(3-2-8(14)15)18(16,17)11-4-6(12)9-7(13)5-11/h2-5H2,1H3,(H,14,15)(H,9,12,13). The van der Waals surface area contributed by atoms with E-state index in [4.69, 9.17) is 5.11 Å². The molecular formula is C8H13N3O6S. The Morgan fingerprint density at radius 1 is 1.39 bits per heavy atom. The number of piperazine rings is 1. The molecule has 0 atom stereocenters. The first-order valence-corrected chi connectivity index (χ1v) is 6.39. The Morgan fingerprint density at radius 3 is 2.33 bits per heavy atom. The van der Waals surface area contributed by atoms with Crippen LogP contribution in [-0.4, -0.2) is 66.6 Å². The van der Waals surface area contributed by atoms with Crippen LogP contribution in [-0.2, 0) is 24.6 Å². The molecule has 1 aliphatic rings. The summed E-state index contributed by atoms with van der Waals surface area (Å²) in [6.07, 6.45) is -0.357. The van der Waals surface area contributed by atoms with Crippen molar-refractivity contribution in [3.05, 3.63) is 0 Å². The number of nitrogens with one attached hydrogen (secondary N) is 1. The number of hydrogen-bond acceptors (Lipinski definition) is 5. The Hall–Kier alpha value is -1.52. The monoisotopic (exact) mass is 279 g/mol. The molecule has 2 N–H and O–H groups in total. The predicted molar refractivity (Wildman–Crippen MR) is 58.5 cm³/mol. The molecule has 1 fully saturated rings. The van der Waals surface area contributed by atoms with Gasteiger partial charge in [0.05, 0.1) is 19.5 Å². The number of carbonyl (C=O) groups excluding carboxylic acids is 2. The molecule has 0 aromatic carbocycles. The van der Waals surface area contributed by atoms with E-state index in [2.05, 4.69) is 0 Å². The highest BCUT2D eigenvalue weighted by Crippen LogP contribution is 2.08. The maximum absolute atomic E-state index is 11.9. The van der Waals surface area contributed by atoms with Gasteiger partial charge in [0.2, 0.25) is 11.8 Å². The van der Waals surface area contributed by atoms with Gasteiger partial charge in [0.1, 0.15) is 0 Å². The fourth-order valence-corrected chi connectivity index (χ4v) is 2.62. The van der Waals surface area contributed by atoms with Crippen molar-refractivity contribution in [2.45, 2.75) is 6.42 Å².